The van der Waals surface area contributed by atoms with Crippen molar-refractivity contribution < 1.29 is 0 Å². The number of rotatable bonds is 6. The number of benzene rings is 2. The molecule has 0 spiro atoms. The molecule has 2 heterocycles. The molecular weight excluding hydrogens is 378 g/mol. The second-order valence-corrected chi connectivity index (χ2v) is 6.69. The van der Waals surface area contributed by atoms with Crippen LogP contribution in [0.3, 0.4) is 0 Å². The van der Waals surface area contributed by atoms with Gasteiger partial charge in [-0.2, -0.15) is 20.1 Å². The van der Waals surface area contributed by atoms with Crippen molar-refractivity contribution in [2.75, 3.05) is 18.5 Å². The summed E-state index contributed by atoms with van der Waals surface area (Å²) in [5.74, 6) is 0. The summed E-state index contributed by atoms with van der Waals surface area (Å²) in [6.45, 7) is 0.668. The van der Waals surface area contributed by atoms with Gasteiger partial charge in [-0.15, -0.1) is 0 Å². The van der Waals surface area contributed by atoms with E-state index in [1.807, 2.05) is 66.5 Å². The fourth-order valence-corrected chi connectivity index (χ4v) is 3.03. The summed E-state index contributed by atoms with van der Waals surface area (Å²) in [6.07, 6.45) is 4.98. The van der Waals surface area contributed by atoms with Gasteiger partial charge in [0, 0.05) is 19.3 Å². The third-order valence-electron chi connectivity index (χ3n) is 4.70. The Morgan fingerprint density at radius 3 is 2.67 bits per heavy atom. The highest BCUT2D eigenvalue weighted by Gasteiger charge is 2.10. The van der Waals surface area contributed by atoms with Crippen LogP contribution < -0.4 is 10.5 Å². The Hall–Kier alpha value is -4.25. The van der Waals surface area contributed by atoms with E-state index in [9.17, 15) is 4.79 Å². The van der Waals surface area contributed by atoms with Crippen LogP contribution >= 0.6 is 0 Å². The monoisotopic (exact) mass is 397 g/mol. The number of nitrogens with zero attached hydrogens (tertiary/aromatic N) is 7. The van der Waals surface area contributed by atoms with Gasteiger partial charge in [0.2, 0.25) is 0 Å². The molecule has 8 nitrogen and oxygen atoms in total. The lowest BCUT2D eigenvalue weighted by Crippen LogP contribution is -2.18. The molecule has 4 aromatic rings. The van der Waals surface area contributed by atoms with E-state index in [1.165, 1.54) is 17.2 Å². The Morgan fingerprint density at radius 1 is 1.17 bits per heavy atom. The maximum Gasteiger partial charge on any atom is 0.285 e. The molecule has 0 aliphatic rings. The lowest BCUT2D eigenvalue weighted by Gasteiger charge is -2.17. The minimum atomic E-state index is -0.286. The highest BCUT2D eigenvalue weighted by Crippen LogP contribution is 2.14. The van der Waals surface area contributed by atoms with Gasteiger partial charge in [0.05, 0.1) is 30.6 Å². The standard InChI is InChI=1S/C22H19N7O/c1-27(13-5-12-23)18-10-8-17(9-11-18)14-25-28-16-24-21-20(22(28)30)15-26-29(21)19-6-3-2-4-7-19/h2-4,6-11,14-16H,5,13H2,1H3/b25-14-. The van der Waals surface area contributed by atoms with Crippen LogP contribution in [0.1, 0.15) is 12.0 Å². The first-order chi connectivity index (χ1) is 14.7. The van der Waals surface area contributed by atoms with E-state index in [-0.39, 0.29) is 5.56 Å². The lowest BCUT2D eigenvalue weighted by molar-refractivity contribution is 0.809. The maximum atomic E-state index is 12.8. The van der Waals surface area contributed by atoms with Crippen LogP contribution in [0.15, 0.2) is 77.0 Å². The van der Waals surface area contributed by atoms with Crippen LogP contribution in [0.2, 0.25) is 0 Å². The summed E-state index contributed by atoms with van der Waals surface area (Å²) in [7, 11) is 1.94. The summed E-state index contributed by atoms with van der Waals surface area (Å²) in [5.41, 5.74) is 2.89. The summed E-state index contributed by atoms with van der Waals surface area (Å²) in [6, 6.07) is 19.4. The van der Waals surface area contributed by atoms with Gasteiger partial charge in [-0.1, -0.05) is 30.3 Å². The molecule has 0 N–H and O–H groups in total. The number of para-hydroxylation sites is 1. The first-order valence-electron chi connectivity index (χ1n) is 9.40. The Labute approximate surface area is 172 Å². The zero-order valence-corrected chi connectivity index (χ0v) is 16.4. The largest absolute Gasteiger partial charge is 0.374 e. The third-order valence-corrected chi connectivity index (χ3v) is 4.70. The van der Waals surface area contributed by atoms with Gasteiger partial charge >= 0.3 is 0 Å². The smallest absolute Gasteiger partial charge is 0.285 e. The molecule has 0 unspecified atom stereocenters. The summed E-state index contributed by atoms with van der Waals surface area (Å²) in [4.78, 5) is 19.1. The number of fused-ring (bicyclic) bond motifs is 1. The number of hydrogen-bond donors (Lipinski definition) is 0. The fraction of sp³-hybridized carbons (Fsp3) is 0.136. The van der Waals surface area contributed by atoms with Gasteiger partial charge in [-0.3, -0.25) is 4.79 Å². The molecule has 0 saturated carbocycles. The van der Waals surface area contributed by atoms with Crippen LogP contribution in [0.5, 0.6) is 0 Å². The van der Waals surface area contributed by atoms with E-state index in [4.69, 9.17) is 5.26 Å². The van der Waals surface area contributed by atoms with E-state index in [2.05, 4.69) is 21.3 Å². The fourth-order valence-electron chi connectivity index (χ4n) is 3.03. The van der Waals surface area contributed by atoms with Gasteiger partial charge in [0.1, 0.15) is 11.7 Å². The molecule has 0 saturated heterocycles. The van der Waals surface area contributed by atoms with Crippen LogP contribution in [0.4, 0.5) is 5.69 Å². The second kappa shape index (κ2) is 8.41. The van der Waals surface area contributed by atoms with E-state index >= 15 is 0 Å². The van der Waals surface area contributed by atoms with Gasteiger partial charge in [0.25, 0.3) is 5.56 Å². The number of anilines is 1. The molecule has 0 aliphatic heterocycles. The number of hydrogen-bond acceptors (Lipinski definition) is 6. The zero-order chi connectivity index (χ0) is 20.9. The van der Waals surface area contributed by atoms with Crippen LogP contribution in [0.25, 0.3) is 16.7 Å². The Bertz CT molecular complexity index is 1280. The van der Waals surface area contributed by atoms with E-state index in [0.717, 1.165) is 16.9 Å². The predicted octanol–water partition coefficient (Wildman–Crippen LogP) is 2.81. The van der Waals surface area contributed by atoms with Crippen molar-refractivity contribution >= 4 is 22.9 Å². The minimum absolute atomic E-state index is 0.286. The van der Waals surface area contributed by atoms with E-state index in [1.54, 1.807) is 10.9 Å². The molecule has 0 atom stereocenters. The van der Waals surface area contributed by atoms with E-state index < -0.39 is 0 Å². The van der Waals surface area contributed by atoms with Gasteiger partial charge in [-0.05, 0) is 29.8 Å². The number of aromatic nitrogens is 4. The quantitative estimate of drug-likeness (QED) is 0.467. The molecule has 0 aliphatic carbocycles. The number of nitriles is 1. The molecular formula is C22H19N7O. The lowest BCUT2D eigenvalue weighted by atomic mass is 10.2. The van der Waals surface area contributed by atoms with Crippen LogP contribution in [-0.2, 0) is 0 Å². The molecule has 0 radical (unpaired) electrons. The van der Waals surface area contributed by atoms with Crippen molar-refractivity contribution in [1.29, 1.82) is 5.26 Å². The highest BCUT2D eigenvalue weighted by atomic mass is 16.1. The first kappa shape index (κ1) is 19.1. The highest BCUT2D eigenvalue weighted by molar-refractivity contribution is 5.80. The second-order valence-electron chi connectivity index (χ2n) is 6.69. The van der Waals surface area contributed by atoms with Crippen LogP contribution in [0, 0.1) is 11.3 Å². The summed E-state index contributed by atoms with van der Waals surface area (Å²) in [5, 5.41) is 17.6. The van der Waals surface area contributed by atoms with E-state index in [0.29, 0.717) is 24.0 Å². The molecule has 0 bridgehead atoms. The molecule has 4 rings (SSSR count). The Morgan fingerprint density at radius 2 is 1.93 bits per heavy atom. The molecule has 2 aromatic carbocycles. The van der Waals surface area contributed by atoms with Crippen molar-refractivity contribution in [2.24, 2.45) is 5.10 Å². The molecule has 2 aromatic heterocycles. The van der Waals surface area contributed by atoms with Crippen LogP contribution in [-0.4, -0.2) is 39.2 Å². The van der Waals surface area contributed by atoms with Gasteiger partial charge in [0.15, 0.2) is 5.65 Å². The molecule has 0 fully saturated rings. The molecule has 0 amide bonds. The Kier molecular flexibility index (Phi) is 5.35. The minimum Gasteiger partial charge on any atom is -0.374 e. The predicted molar refractivity (Wildman–Crippen MR) is 116 cm³/mol. The van der Waals surface area contributed by atoms with Gasteiger partial charge < -0.3 is 4.90 Å². The average molecular weight is 397 g/mol. The third kappa shape index (κ3) is 3.82. The summed E-state index contributed by atoms with van der Waals surface area (Å²) < 4.78 is 2.83. The molecule has 30 heavy (non-hydrogen) atoms. The normalized spacial score (nSPS) is 11.1. The van der Waals surface area contributed by atoms with Crippen molar-refractivity contribution in [2.45, 2.75) is 6.42 Å². The zero-order valence-electron chi connectivity index (χ0n) is 16.4. The maximum absolute atomic E-state index is 12.8. The molecule has 148 valence electrons. The molecule has 8 heteroatoms. The van der Waals surface area contributed by atoms with Crippen molar-refractivity contribution in [3.8, 4) is 11.8 Å². The SMILES string of the molecule is CN(CCC#N)c1ccc(/C=N\n2cnc3c(cnn3-c3ccccc3)c2=O)cc1. The van der Waals surface area contributed by atoms with Gasteiger partial charge in [-0.25, -0.2) is 9.67 Å². The Balaban J connectivity index is 1.57. The topological polar surface area (TPSA) is 92.1 Å². The van der Waals surface area contributed by atoms with Crippen molar-refractivity contribution in [3.05, 3.63) is 83.0 Å². The van der Waals surface area contributed by atoms with Crippen molar-refractivity contribution in [1.82, 2.24) is 19.4 Å². The average Bonchev–Trinajstić information content (AvgIpc) is 3.23. The summed E-state index contributed by atoms with van der Waals surface area (Å²) >= 11 is 0. The van der Waals surface area contributed by atoms with Crippen molar-refractivity contribution in [3.63, 3.8) is 0 Å². The first-order valence-corrected chi connectivity index (χ1v) is 9.40.